The highest BCUT2D eigenvalue weighted by atomic mass is 16.6. The predicted octanol–water partition coefficient (Wildman–Crippen LogP) is 1.58. The third-order valence-corrected chi connectivity index (χ3v) is 1.52. The van der Waals surface area contributed by atoms with Crippen molar-refractivity contribution in [2.24, 2.45) is 5.73 Å². The molecule has 0 rings (SSSR count). The van der Waals surface area contributed by atoms with Gasteiger partial charge in [0.2, 0.25) is 0 Å². The van der Waals surface area contributed by atoms with E-state index in [1.807, 2.05) is 13.0 Å². The lowest BCUT2D eigenvalue weighted by Gasteiger charge is -2.24. The molecule has 0 saturated heterocycles. The number of hydrogen-bond donors (Lipinski definition) is 1. The topological polar surface area (TPSA) is 52.3 Å². The van der Waals surface area contributed by atoms with Gasteiger partial charge in [-0.15, -0.1) is 0 Å². The van der Waals surface area contributed by atoms with E-state index in [4.69, 9.17) is 10.5 Å². The minimum atomic E-state index is -0.679. The van der Waals surface area contributed by atoms with Crippen molar-refractivity contribution in [2.45, 2.75) is 39.7 Å². The van der Waals surface area contributed by atoms with Gasteiger partial charge in [-0.05, 0) is 20.3 Å². The molecular weight excluding hydrogens is 154 g/mol. The smallest absolute Gasteiger partial charge is 0.303 e. The maximum atomic E-state index is 10.7. The third-order valence-electron chi connectivity index (χ3n) is 1.52. The van der Waals surface area contributed by atoms with Crippen LogP contribution in [-0.4, -0.2) is 11.6 Å². The lowest BCUT2D eigenvalue weighted by atomic mass is 10.0. The third kappa shape index (κ3) is 3.42. The largest absolute Gasteiger partial charge is 0.453 e. The molecule has 0 amide bonds. The Labute approximate surface area is 73.6 Å². The second kappa shape index (κ2) is 4.14. The second-order valence-electron chi connectivity index (χ2n) is 3.17. The number of allylic oxidation sites excluding steroid dienone is 1. The van der Waals surface area contributed by atoms with Gasteiger partial charge < -0.3 is 10.5 Å². The minimum Gasteiger partial charge on any atom is -0.453 e. The Morgan fingerprint density at radius 3 is 2.42 bits per heavy atom. The predicted molar refractivity (Wildman–Crippen MR) is 48.4 cm³/mol. The van der Waals surface area contributed by atoms with Crippen LogP contribution in [0.1, 0.15) is 34.1 Å². The monoisotopic (exact) mass is 171 g/mol. The maximum absolute atomic E-state index is 10.7. The van der Waals surface area contributed by atoms with Crippen molar-refractivity contribution in [3.8, 4) is 0 Å². The molecular formula is C9H17NO2. The summed E-state index contributed by atoms with van der Waals surface area (Å²) in [6.07, 6.45) is 2.69. The van der Waals surface area contributed by atoms with Gasteiger partial charge in [-0.2, -0.15) is 0 Å². The van der Waals surface area contributed by atoms with Gasteiger partial charge in [0.25, 0.3) is 0 Å². The van der Waals surface area contributed by atoms with Crippen molar-refractivity contribution in [1.29, 1.82) is 0 Å². The molecule has 70 valence electrons. The summed E-state index contributed by atoms with van der Waals surface area (Å²) >= 11 is 0. The highest BCUT2D eigenvalue weighted by Crippen LogP contribution is 2.16. The lowest BCUT2D eigenvalue weighted by molar-refractivity contribution is -0.150. The quantitative estimate of drug-likeness (QED) is 0.656. The average Bonchev–Trinajstić information content (AvgIpc) is 1.85. The molecule has 12 heavy (non-hydrogen) atoms. The number of rotatable bonds is 3. The van der Waals surface area contributed by atoms with Crippen LogP contribution in [-0.2, 0) is 9.53 Å². The van der Waals surface area contributed by atoms with Crippen LogP contribution in [0.3, 0.4) is 0 Å². The molecule has 0 aliphatic carbocycles. The van der Waals surface area contributed by atoms with Gasteiger partial charge in [-0.1, -0.05) is 13.0 Å². The standard InChI is InChI=1S/C9H17NO2/c1-5-6-8(10)9(3,4)12-7(2)11/h6H,5,10H2,1-4H3/b8-6-. The average molecular weight is 171 g/mol. The highest BCUT2D eigenvalue weighted by Gasteiger charge is 2.23. The molecule has 3 heteroatoms. The Bertz CT molecular complexity index is 195. The normalized spacial score (nSPS) is 12.8. The molecule has 3 nitrogen and oxygen atoms in total. The summed E-state index contributed by atoms with van der Waals surface area (Å²) < 4.78 is 5.02. The first kappa shape index (κ1) is 11.0. The Hall–Kier alpha value is -0.990. The molecule has 0 bridgehead atoms. The fourth-order valence-corrected chi connectivity index (χ4v) is 0.884. The summed E-state index contributed by atoms with van der Waals surface area (Å²) in [5, 5.41) is 0. The lowest BCUT2D eigenvalue weighted by Crippen LogP contribution is -2.33. The fourth-order valence-electron chi connectivity index (χ4n) is 0.884. The summed E-state index contributed by atoms with van der Waals surface area (Å²) in [5.41, 5.74) is 5.61. The van der Waals surface area contributed by atoms with E-state index in [0.717, 1.165) is 6.42 Å². The molecule has 0 unspecified atom stereocenters. The molecule has 0 aromatic rings. The molecule has 0 atom stereocenters. The van der Waals surface area contributed by atoms with Crippen LogP contribution in [0.2, 0.25) is 0 Å². The molecule has 0 radical (unpaired) electrons. The van der Waals surface area contributed by atoms with Gasteiger partial charge in [-0.3, -0.25) is 4.79 Å². The Balaban J connectivity index is 4.38. The second-order valence-corrected chi connectivity index (χ2v) is 3.17. The molecule has 0 aliphatic rings. The first-order chi connectivity index (χ1) is 5.40. The number of carbonyl (C=O) groups is 1. The zero-order valence-corrected chi connectivity index (χ0v) is 8.18. The van der Waals surface area contributed by atoms with Crippen LogP contribution in [0.4, 0.5) is 0 Å². The number of ether oxygens (including phenoxy) is 1. The zero-order valence-electron chi connectivity index (χ0n) is 8.18. The van der Waals surface area contributed by atoms with Gasteiger partial charge >= 0.3 is 5.97 Å². The molecule has 0 heterocycles. The van der Waals surface area contributed by atoms with Crippen molar-refractivity contribution >= 4 is 5.97 Å². The van der Waals surface area contributed by atoms with Crippen molar-refractivity contribution in [1.82, 2.24) is 0 Å². The van der Waals surface area contributed by atoms with E-state index in [1.54, 1.807) is 13.8 Å². The van der Waals surface area contributed by atoms with Gasteiger partial charge in [0.15, 0.2) is 0 Å². The van der Waals surface area contributed by atoms with Crippen LogP contribution in [0.15, 0.2) is 11.8 Å². The van der Waals surface area contributed by atoms with E-state index in [9.17, 15) is 4.79 Å². The summed E-state index contributed by atoms with van der Waals surface area (Å²) in [7, 11) is 0. The molecule has 0 spiro atoms. The van der Waals surface area contributed by atoms with Gasteiger partial charge in [-0.25, -0.2) is 0 Å². The first-order valence-electron chi connectivity index (χ1n) is 4.06. The SMILES string of the molecule is CC/C=C(\N)C(C)(C)OC(C)=O. The molecule has 0 aromatic heterocycles. The molecule has 0 aromatic carbocycles. The molecule has 0 aliphatic heterocycles. The minimum absolute atomic E-state index is 0.313. The van der Waals surface area contributed by atoms with Crippen LogP contribution in [0.25, 0.3) is 0 Å². The Kier molecular flexibility index (Phi) is 3.80. The summed E-state index contributed by atoms with van der Waals surface area (Å²) in [4.78, 5) is 10.7. The van der Waals surface area contributed by atoms with Gasteiger partial charge in [0.05, 0.1) is 0 Å². The summed E-state index contributed by atoms with van der Waals surface area (Å²) in [5.74, 6) is -0.313. The van der Waals surface area contributed by atoms with Crippen LogP contribution < -0.4 is 5.73 Å². The van der Waals surface area contributed by atoms with Crippen molar-refractivity contribution < 1.29 is 9.53 Å². The van der Waals surface area contributed by atoms with Gasteiger partial charge in [0.1, 0.15) is 5.60 Å². The molecule has 2 N–H and O–H groups in total. The van der Waals surface area contributed by atoms with E-state index < -0.39 is 5.60 Å². The maximum Gasteiger partial charge on any atom is 0.303 e. The zero-order chi connectivity index (χ0) is 9.78. The molecule has 0 saturated carbocycles. The number of carbonyl (C=O) groups excluding carboxylic acids is 1. The summed E-state index contributed by atoms with van der Waals surface area (Å²) in [6, 6.07) is 0. The van der Waals surface area contributed by atoms with E-state index in [2.05, 4.69) is 0 Å². The van der Waals surface area contributed by atoms with Crippen LogP contribution >= 0.6 is 0 Å². The summed E-state index contributed by atoms with van der Waals surface area (Å²) in [6.45, 7) is 6.91. The van der Waals surface area contributed by atoms with Crippen molar-refractivity contribution in [3.05, 3.63) is 11.8 Å². The fraction of sp³-hybridized carbons (Fsp3) is 0.667. The Morgan fingerprint density at radius 1 is 1.58 bits per heavy atom. The number of nitrogens with two attached hydrogens (primary N) is 1. The van der Waals surface area contributed by atoms with E-state index in [-0.39, 0.29) is 5.97 Å². The Morgan fingerprint density at radius 2 is 2.08 bits per heavy atom. The van der Waals surface area contributed by atoms with Crippen LogP contribution in [0.5, 0.6) is 0 Å². The van der Waals surface area contributed by atoms with E-state index in [0.29, 0.717) is 5.70 Å². The van der Waals surface area contributed by atoms with E-state index in [1.165, 1.54) is 6.92 Å². The van der Waals surface area contributed by atoms with Crippen molar-refractivity contribution in [2.75, 3.05) is 0 Å². The van der Waals surface area contributed by atoms with E-state index >= 15 is 0 Å². The first-order valence-corrected chi connectivity index (χ1v) is 4.06. The highest BCUT2D eigenvalue weighted by molar-refractivity contribution is 5.66. The van der Waals surface area contributed by atoms with Gasteiger partial charge in [0, 0.05) is 12.6 Å². The molecule has 0 fully saturated rings. The number of esters is 1. The van der Waals surface area contributed by atoms with Crippen molar-refractivity contribution in [3.63, 3.8) is 0 Å². The van der Waals surface area contributed by atoms with Crippen LogP contribution in [0, 0.1) is 0 Å². The number of hydrogen-bond acceptors (Lipinski definition) is 3.